The maximum Gasteiger partial charge on any atom is 0.105 e. The molecule has 0 spiro atoms. The summed E-state index contributed by atoms with van der Waals surface area (Å²) in [6.45, 7) is 7.23. The second-order valence-corrected chi connectivity index (χ2v) is 5.70. The highest BCUT2D eigenvalue weighted by atomic mass is 35.5. The van der Waals surface area contributed by atoms with E-state index in [0.717, 1.165) is 30.2 Å². The van der Waals surface area contributed by atoms with Gasteiger partial charge in [-0.05, 0) is 32.7 Å². The van der Waals surface area contributed by atoms with Crippen LogP contribution in [0.4, 0.5) is 0 Å². The third-order valence-electron chi connectivity index (χ3n) is 3.83. The number of aromatic nitrogens is 2. The van der Waals surface area contributed by atoms with Crippen molar-refractivity contribution in [2.45, 2.75) is 25.1 Å². The Labute approximate surface area is 101 Å². The normalized spacial score (nSPS) is 36.9. The van der Waals surface area contributed by atoms with Gasteiger partial charge in [-0.15, -0.1) is 11.6 Å². The minimum Gasteiger partial charge on any atom is -0.301 e. The molecule has 2 saturated heterocycles. The quantitative estimate of drug-likeness (QED) is 0.699. The van der Waals surface area contributed by atoms with E-state index in [2.05, 4.69) is 14.9 Å². The number of aryl methyl sites for hydroxylation is 2. The van der Waals surface area contributed by atoms with E-state index in [4.69, 9.17) is 11.6 Å². The van der Waals surface area contributed by atoms with Crippen molar-refractivity contribution in [1.29, 1.82) is 0 Å². The molecular formula is C12H16ClN3. The summed E-state index contributed by atoms with van der Waals surface area (Å²) < 4.78 is 0. The predicted molar refractivity (Wildman–Crippen MR) is 63.6 cm³/mol. The Balaban J connectivity index is 2.03. The first-order valence-corrected chi connectivity index (χ1v) is 6.19. The van der Waals surface area contributed by atoms with E-state index >= 15 is 0 Å². The molecule has 0 aromatic carbocycles. The average Bonchev–Trinajstić information content (AvgIpc) is 2.76. The van der Waals surface area contributed by atoms with Crippen molar-refractivity contribution in [2.75, 3.05) is 19.6 Å². The molecule has 2 fully saturated rings. The molecule has 2 aliphatic heterocycles. The van der Waals surface area contributed by atoms with Gasteiger partial charge in [0, 0.05) is 19.3 Å². The fraction of sp³-hybridized carbons (Fsp3) is 0.667. The van der Waals surface area contributed by atoms with E-state index in [0.29, 0.717) is 5.92 Å². The van der Waals surface area contributed by atoms with E-state index in [1.807, 2.05) is 20.0 Å². The highest BCUT2D eigenvalue weighted by molar-refractivity contribution is 6.24. The highest BCUT2D eigenvalue weighted by Gasteiger charge is 2.51. The van der Waals surface area contributed by atoms with Crippen LogP contribution in [0.3, 0.4) is 0 Å². The van der Waals surface area contributed by atoms with Crippen LogP contribution in [0.5, 0.6) is 0 Å². The van der Waals surface area contributed by atoms with E-state index < -0.39 is 0 Å². The molecule has 3 nitrogen and oxygen atoms in total. The Hall–Kier alpha value is -0.670. The molecule has 3 heterocycles. The number of nitrogens with zero attached hydrogens (tertiary/aromatic N) is 3. The summed E-state index contributed by atoms with van der Waals surface area (Å²) in [4.78, 5) is 11.2. The first-order chi connectivity index (χ1) is 7.59. The van der Waals surface area contributed by atoms with Crippen molar-refractivity contribution in [2.24, 2.45) is 5.92 Å². The van der Waals surface area contributed by atoms with Gasteiger partial charge in [-0.2, -0.15) is 0 Å². The summed E-state index contributed by atoms with van der Waals surface area (Å²) in [5.41, 5.74) is 2.95. The number of alkyl halides is 1. The van der Waals surface area contributed by atoms with Crippen LogP contribution in [0.1, 0.15) is 23.5 Å². The lowest BCUT2D eigenvalue weighted by molar-refractivity contribution is 0.319. The molecular weight excluding hydrogens is 222 g/mol. The van der Waals surface area contributed by atoms with Gasteiger partial charge in [-0.1, -0.05) is 0 Å². The molecule has 16 heavy (non-hydrogen) atoms. The van der Waals surface area contributed by atoms with Crippen molar-refractivity contribution in [3.63, 3.8) is 0 Å². The van der Waals surface area contributed by atoms with Crippen LogP contribution < -0.4 is 0 Å². The molecule has 0 saturated carbocycles. The average molecular weight is 238 g/mol. The Morgan fingerprint density at radius 3 is 2.88 bits per heavy atom. The summed E-state index contributed by atoms with van der Waals surface area (Å²) in [7, 11) is 0. The van der Waals surface area contributed by atoms with Gasteiger partial charge in [-0.25, -0.2) is 0 Å². The summed E-state index contributed by atoms with van der Waals surface area (Å²) >= 11 is 6.81. The minimum atomic E-state index is -0.289. The van der Waals surface area contributed by atoms with Gasteiger partial charge in [0.05, 0.1) is 17.1 Å². The maximum absolute atomic E-state index is 6.81. The Morgan fingerprint density at radius 2 is 2.31 bits per heavy atom. The van der Waals surface area contributed by atoms with Gasteiger partial charge < -0.3 is 4.90 Å². The highest BCUT2D eigenvalue weighted by Crippen LogP contribution is 2.48. The van der Waals surface area contributed by atoms with Crippen LogP contribution in [0.25, 0.3) is 0 Å². The first-order valence-electron chi connectivity index (χ1n) is 5.81. The molecule has 0 radical (unpaired) electrons. The number of piperidine rings is 1. The monoisotopic (exact) mass is 237 g/mol. The molecule has 2 bridgehead atoms. The molecule has 3 atom stereocenters. The van der Waals surface area contributed by atoms with E-state index in [9.17, 15) is 0 Å². The Morgan fingerprint density at radius 1 is 1.50 bits per heavy atom. The fourth-order valence-corrected chi connectivity index (χ4v) is 3.61. The zero-order valence-corrected chi connectivity index (χ0v) is 10.5. The fourth-order valence-electron chi connectivity index (χ4n) is 3.08. The molecule has 3 unspecified atom stereocenters. The standard InChI is InChI=1S/C12H16ClN3/c1-8-5-14-11(9(2)15-8)12(13)7-16-4-3-10(12)6-16/h5,10H,3-4,6-7H2,1-2H3. The van der Waals surface area contributed by atoms with Crippen LogP contribution in [-0.2, 0) is 4.87 Å². The number of rotatable bonds is 1. The van der Waals surface area contributed by atoms with Crippen LogP contribution in [0, 0.1) is 19.8 Å². The van der Waals surface area contributed by atoms with Gasteiger partial charge in [0.25, 0.3) is 0 Å². The van der Waals surface area contributed by atoms with Gasteiger partial charge in [-0.3, -0.25) is 9.97 Å². The number of hydrogen-bond donors (Lipinski definition) is 0. The topological polar surface area (TPSA) is 29.0 Å². The second-order valence-electron chi connectivity index (χ2n) is 5.03. The minimum absolute atomic E-state index is 0.289. The largest absolute Gasteiger partial charge is 0.301 e. The lowest BCUT2D eigenvalue weighted by atomic mass is 9.87. The van der Waals surface area contributed by atoms with Crippen LogP contribution in [0.2, 0.25) is 0 Å². The van der Waals surface area contributed by atoms with E-state index in [1.165, 1.54) is 13.0 Å². The number of fused-ring (bicyclic) bond motifs is 2. The lowest BCUT2D eigenvalue weighted by Crippen LogP contribution is -2.36. The van der Waals surface area contributed by atoms with Crippen molar-refractivity contribution >= 4 is 11.6 Å². The molecule has 0 N–H and O–H groups in total. The SMILES string of the molecule is Cc1cnc(C2(Cl)CN3CCC2C3)c(C)n1. The zero-order valence-electron chi connectivity index (χ0n) is 9.70. The summed E-state index contributed by atoms with van der Waals surface area (Å²) in [6, 6.07) is 0. The van der Waals surface area contributed by atoms with Crippen molar-refractivity contribution < 1.29 is 0 Å². The molecule has 0 amide bonds. The smallest absolute Gasteiger partial charge is 0.105 e. The molecule has 86 valence electrons. The zero-order chi connectivity index (χ0) is 11.3. The Kier molecular flexibility index (Phi) is 2.23. The predicted octanol–water partition coefficient (Wildman–Crippen LogP) is 1.86. The summed E-state index contributed by atoms with van der Waals surface area (Å²) in [5, 5.41) is 0. The first kappa shape index (κ1) is 10.5. The van der Waals surface area contributed by atoms with Gasteiger partial charge in [0.15, 0.2) is 0 Å². The summed E-state index contributed by atoms with van der Waals surface area (Å²) in [5.74, 6) is 0.546. The van der Waals surface area contributed by atoms with Gasteiger partial charge >= 0.3 is 0 Å². The lowest BCUT2D eigenvalue weighted by Gasteiger charge is -2.31. The van der Waals surface area contributed by atoms with Crippen LogP contribution in [0.15, 0.2) is 6.20 Å². The van der Waals surface area contributed by atoms with Gasteiger partial charge in [0.2, 0.25) is 0 Å². The third-order valence-corrected chi connectivity index (χ3v) is 4.44. The number of hydrogen-bond acceptors (Lipinski definition) is 3. The van der Waals surface area contributed by atoms with Crippen molar-refractivity contribution in [1.82, 2.24) is 14.9 Å². The molecule has 2 aliphatic rings. The van der Waals surface area contributed by atoms with Crippen molar-refractivity contribution in [3.05, 3.63) is 23.3 Å². The number of halogens is 1. The summed E-state index contributed by atoms with van der Waals surface area (Å²) in [6.07, 6.45) is 3.02. The Bertz CT molecular complexity index is 434. The third kappa shape index (κ3) is 1.38. The molecule has 1 aromatic heterocycles. The van der Waals surface area contributed by atoms with Crippen molar-refractivity contribution in [3.8, 4) is 0 Å². The van der Waals surface area contributed by atoms with E-state index in [-0.39, 0.29) is 4.87 Å². The van der Waals surface area contributed by atoms with Gasteiger partial charge in [0.1, 0.15) is 4.87 Å². The molecule has 3 rings (SSSR count). The molecule has 1 aromatic rings. The molecule has 4 heteroatoms. The molecule has 0 aliphatic carbocycles. The van der Waals surface area contributed by atoms with E-state index in [1.54, 1.807) is 0 Å². The second kappa shape index (κ2) is 3.41. The van der Waals surface area contributed by atoms with Crippen LogP contribution in [-0.4, -0.2) is 34.5 Å². The van der Waals surface area contributed by atoms with Crippen LogP contribution >= 0.6 is 11.6 Å². The maximum atomic E-state index is 6.81.